The molecule has 0 unspecified atom stereocenters. The standard InChI is InChI=1S/C22H29NO2/c1-4-5-9-16-22(2,3)23(24)17-19-12-14-21(15-13-19)25-18-20-10-7-6-8-11-20/h6-8,10-15,17H,4-5,9,16,18H2,1-3H3. The Bertz CT molecular complexity index is 660. The van der Waals surface area contributed by atoms with Crippen LogP contribution in [0.15, 0.2) is 54.6 Å². The van der Waals surface area contributed by atoms with E-state index in [2.05, 4.69) is 6.92 Å². The zero-order valence-electron chi connectivity index (χ0n) is 15.6. The summed E-state index contributed by atoms with van der Waals surface area (Å²) in [6, 6.07) is 17.7. The lowest BCUT2D eigenvalue weighted by Crippen LogP contribution is -2.33. The molecule has 2 rings (SSSR count). The number of hydroxylamine groups is 1. The summed E-state index contributed by atoms with van der Waals surface area (Å²) in [6.45, 7) is 6.73. The summed E-state index contributed by atoms with van der Waals surface area (Å²) >= 11 is 0. The summed E-state index contributed by atoms with van der Waals surface area (Å²) in [5.74, 6) is 0.806. The Kier molecular flexibility index (Phi) is 7.05. The highest BCUT2D eigenvalue weighted by molar-refractivity contribution is 5.76. The van der Waals surface area contributed by atoms with Gasteiger partial charge in [-0.3, -0.25) is 0 Å². The van der Waals surface area contributed by atoms with Crippen LogP contribution in [0.1, 0.15) is 57.6 Å². The Morgan fingerprint density at radius 3 is 2.32 bits per heavy atom. The third-order valence-corrected chi connectivity index (χ3v) is 4.38. The quantitative estimate of drug-likeness (QED) is 0.197. The molecule has 0 radical (unpaired) electrons. The molecule has 134 valence electrons. The molecule has 0 aromatic heterocycles. The van der Waals surface area contributed by atoms with Gasteiger partial charge in [0.2, 0.25) is 0 Å². The maximum absolute atomic E-state index is 12.5. The SMILES string of the molecule is CCCCCC(C)(C)[N+]([O-])=Cc1ccc(OCc2ccccc2)cc1. The van der Waals surface area contributed by atoms with Crippen LogP contribution in [0, 0.1) is 5.21 Å². The third-order valence-electron chi connectivity index (χ3n) is 4.38. The topological polar surface area (TPSA) is 35.3 Å². The normalized spacial score (nSPS) is 12.2. The van der Waals surface area contributed by atoms with Gasteiger partial charge in [-0.05, 0) is 36.2 Å². The molecule has 0 N–H and O–H groups in total. The predicted molar refractivity (Wildman–Crippen MR) is 104 cm³/mol. The zero-order chi connectivity index (χ0) is 18.1. The van der Waals surface area contributed by atoms with Gasteiger partial charge in [-0.15, -0.1) is 0 Å². The minimum absolute atomic E-state index is 0.377. The van der Waals surface area contributed by atoms with Crippen molar-refractivity contribution in [2.24, 2.45) is 0 Å². The first kappa shape index (κ1) is 19.0. The van der Waals surface area contributed by atoms with E-state index >= 15 is 0 Å². The van der Waals surface area contributed by atoms with Crippen molar-refractivity contribution in [2.45, 2.75) is 58.6 Å². The van der Waals surface area contributed by atoms with Crippen molar-refractivity contribution in [3.05, 3.63) is 70.9 Å². The number of rotatable bonds is 9. The molecular formula is C22H29NO2. The fourth-order valence-electron chi connectivity index (χ4n) is 2.62. The highest BCUT2D eigenvalue weighted by atomic mass is 16.5. The maximum Gasteiger partial charge on any atom is 0.182 e. The van der Waals surface area contributed by atoms with Gasteiger partial charge in [0.05, 0.1) is 0 Å². The van der Waals surface area contributed by atoms with Gasteiger partial charge in [0.15, 0.2) is 11.8 Å². The second-order valence-electron chi connectivity index (χ2n) is 7.07. The van der Waals surface area contributed by atoms with E-state index in [-0.39, 0.29) is 5.54 Å². The molecule has 0 bridgehead atoms. The van der Waals surface area contributed by atoms with Gasteiger partial charge in [0.25, 0.3) is 0 Å². The van der Waals surface area contributed by atoms with Gasteiger partial charge < -0.3 is 9.94 Å². The molecule has 0 aliphatic rings. The van der Waals surface area contributed by atoms with Gasteiger partial charge in [-0.25, -0.2) is 4.74 Å². The van der Waals surface area contributed by atoms with E-state index < -0.39 is 0 Å². The van der Waals surface area contributed by atoms with Gasteiger partial charge >= 0.3 is 0 Å². The van der Waals surface area contributed by atoms with Crippen LogP contribution in [-0.4, -0.2) is 16.5 Å². The largest absolute Gasteiger partial charge is 0.623 e. The summed E-state index contributed by atoms with van der Waals surface area (Å²) in [5.41, 5.74) is 1.65. The number of hydrogen-bond acceptors (Lipinski definition) is 2. The van der Waals surface area contributed by atoms with Crippen molar-refractivity contribution < 1.29 is 9.48 Å². The lowest BCUT2D eigenvalue weighted by atomic mass is 9.97. The molecule has 0 aliphatic carbocycles. The van der Waals surface area contributed by atoms with Gasteiger partial charge in [0.1, 0.15) is 12.4 Å². The molecule has 2 aromatic carbocycles. The zero-order valence-corrected chi connectivity index (χ0v) is 15.6. The molecular weight excluding hydrogens is 310 g/mol. The van der Waals surface area contributed by atoms with Crippen molar-refractivity contribution >= 4 is 6.21 Å². The molecule has 0 amide bonds. The Labute approximate surface area is 151 Å². The van der Waals surface area contributed by atoms with E-state index in [0.717, 1.165) is 34.5 Å². The number of benzene rings is 2. The second-order valence-corrected chi connectivity index (χ2v) is 7.07. The molecule has 0 saturated heterocycles. The smallest absolute Gasteiger partial charge is 0.182 e. The van der Waals surface area contributed by atoms with E-state index in [1.54, 1.807) is 6.21 Å². The average molecular weight is 339 g/mol. The monoisotopic (exact) mass is 339 g/mol. The van der Waals surface area contributed by atoms with Crippen molar-refractivity contribution in [1.82, 2.24) is 0 Å². The Morgan fingerprint density at radius 2 is 1.68 bits per heavy atom. The summed E-state index contributed by atoms with van der Waals surface area (Å²) in [4.78, 5) is 0. The van der Waals surface area contributed by atoms with E-state index in [9.17, 15) is 5.21 Å². The van der Waals surface area contributed by atoms with E-state index in [1.807, 2.05) is 68.4 Å². The van der Waals surface area contributed by atoms with E-state index in [0.29, 0.717) is 6.61 Å². The fraction of sp³-hybridized carbons (Fsp3) is 0.409. The van der Waals surface area contributed by atoms with Crippen molar-refractivity contribution in [3.63, 3.8) is 0 Å². The van der Waals surface area contributed by atoms with Crippen LogP contribution in [0.25, 0.3) is 0 Å². The molecule has 0 aliphatic heterocycles. The molecule has 0 fully saturated rings. The van der Waals surface area contributed by atoms with E-state index in [1.165, 1.54) is 12.8 Å². The second kappa shape index (κ2) is 9.26. The van der Waals surface area contributed by atoms with Crippen LogP contribution in [0.3, 0.4) is 0 Å². The Morgan fingerprint density at radius 1 is 1.00 bits per heavy atom. The Hall–Kier alpha value is -2.29. The number of nitrogens with zero attached hydrogens (tertiary/aromatic N) is 1. The maximum atomic E-state index is 12.5. The van der Waals surface area contributed by atoms with Gasteiger partial charge in [-0.1, -0.05) is 50.1 Å². The third kappa shape index (κ3) is 6.26. The van der Waals surface area contributed by atoms with Gasteiger partial charge in [0, 0.05) is 25.8 Å². The summed E-state index contributed by atoms with van der Waals surface area (Å²) < 4.78 is 6.86. The number of unbranched alkanes of at least 4 members (excludes halogenated alkanes) is 2. The van der Waals surface area contributed by atoms with E-state index in [4.69, 9.17) is 4.74 Å². The molecule has 0 saturated carbocycles. The average Bonchev–Trinajstić information content (AvgIpc) is 2.62. The Balaban J connectivity index is 1.94. The number of hydrogen-bond donors (Lipinski definition) is 0. The summed E-state index contributed by atoms with van der Waals surface area (Å²) in [7, 11) is 0. The molecule has 3 heteroatoms. The van der Waals surface area contributed by atoms with Crippen LogP contribution < -0.4 is 4.74 Å². The minimum atomic E-state index is -0.377. The van der Waals surface area contributed by atoms with Gasteiger partial charge in [-0.2, -0.15) is 0 Å². The van der Waals surface area contributed by atoms with Crippen molar-refractivity contribution in [3.8, 4) is 5.75 Å². The molecule has 0 spiro atoms. The highest BCUT2D eigenvalue weighted by Crippen LogP contribution is 2.19. The van der Waals surface area contributed by atoms with Crippen LogP contribution in [-0.2, 0) is 6.61 Å². The summed E-state index contributed by atoms with van der Waals surface area (Å²) in [6.07, 6.45) is 6.00. The molecule has 2 aromatic rings. The lowest BCUT2D eigenvalue weighted by Gasteiger charge is -2.24. The fourth-order valence-corrected chi connectivity index (χ4v) is 2.62. The first-order valence-corrected chi connectivity index (χ1v) is 9.09. The molecule has 3 nitrogen and oxygen atoms in total. The number of ether oxygens (including phenoxy) is 1. The van der Waals surface area contributed by atoms with Crippen LogP contribution >= 0.6 is 0 Å². The highest BCUT2D eigenvalue weighted by Gasteiger charge is 2.25. The van der Waals surface area contributed by atoms with Crippen LogP contribution in [0.5, 0.6) is 5.75 Å². The first-order chi connectivity index (χ1) is 12.0. The molecule has 0 atom stereocenters. The lowest BCUT2D eigenvalue weighted by molar-refractivity contribution is -0.537. The van der Waals surface area contributed by atoms with Crippen LogP contribution in [0.4, 0.5) is 0 Å². The van der Waals surface area contributed by atoms with Crippen molar-refractivity contribution in [2.75, 3.05) is 0 Å². The minimum Gasteiger partial charge on any atom is -0.623 e. The molecule has 0 heterocycles. The predicted octanol–water partition coefficient (Wildman–Crippen LogP) is 5.55. The summed E-state index contributed by atoms with van der Waals surface area (Å²) in [5, 5.41) is 12.5. The van der Waals surface area contributed by atoms with Crippen molar-refractivity contribution in [1.29, 1.82) is 0 Å². The first-order valence-electron chi connectivity index (χ1n) is 9.09. The van der Waals surface area contributed by atoms with Crippen LogP contribution in [0.2, 0.25) is 0 Å². The molecule has 25 heavy (non-hydrogen) atoms.